The molecule has 4 aromatic rings. The van der Waals surface area contributed by atoms with Crippen LogP contribution >= 0.6 is 0 Å². The van der Waals surface area contributed by atoms with Crippen molar-refractivity contribution in [3.8, 4) is 0 Å². The summed E-state index contributed by atoms with van der Waals surface area (Å²) in [6, 6.07) is 15.6. The number of aromatic nitrogens is 2. The summed E-state index contributed by atoms with van der Waals surface area (Å²) in [4.78, 5) is 22.0. The molecule has 2 aromatic carbocycles. The highest BCUT2D eigenvalue weighted by Crippen LogP contribution is 2.20. The first-order valence-electron chi connectivity index (χ1n) is 10.5. The number of hydrogen-bond acceptors (Lipinski definition) is 7. The fraction of sp³-hybridized carbons (Fsp3) is 0.120. The van der Waals surface area contributed by atoms with Gasteiger partial charge in [0.25, 0.3) is 0 Å². The van der Waals surface area contributed by atoms with Crippen LogP contribution in [0.1, 0.15) is 16.8 Å². The highest BCUT2D eigenvalue weighted by molar-refractivity contribution is 7.88. The van der Waals surface area contributed by atoms with Gasteiger partial charge < -0.3 is 10.7 Å². The van der Waals surface area contributed by atoms with Crippen molar-refractivity contribution in [3.63, 3.8) is 0 Å². The van der Waals surface area contributed by atoms with Crippen molar-refractivity contribution in [2.75, 3.05) is 7.05 Å². The molecule has 34 heavy (non-hydrogen) atoms. The maximum atomic E-state index is 13.4. The summed E-state index contributed by atoms with van der Waals surface area (Å²) in [5, 5.41) is 12.0. The molecule has 0 fully saturated rings. The van der Waals surface area contributed by atoms with Gasteiger partial charge >= 0.3 is 0 Å². The molecule has 0 aliphatic rings. The summed E-state index contributed by atoms with van der Waals surface area (Å²) in [5.41, 5.74) is 2.59. The van der Waals surface area contributed by atoms with E-state index < -0.39 is 10.0 Å². The Morgan fingerprint density at radius 2 is 1.88 bits per heavy atom. The number of benzene rings is 1. The van der Waals surface area contributed by atoms with Crippen molar-refractivity contribution in [2.45, 2.75) is 12.3 Å². The molecule has 0 radical (unpaired) electrons. The lowest BCUT2D eigenvalue weighted by Gasteiger charge is -2.07. The number of fused-ring (bicyclic) bond motifs is 2. The van der Waals surface area contributed by atoms with Gasteiger partial charge in [-0.1, -0.05) is 24.3 Å². The fourth-order valence-electron chi connectivity index (χ4n) is 3.62. The minimum absolute atomic E-state index is 0.0904. The van der Waals surface area contributed by atoms with Gasteiger partial charge in [0.05, 0.1) is 23.5 Å². The smallest absolute Gasteiger partial charge is 0.216 e. The predicted molar refractivity (Wildman–Crippen MR) is 135 cm³/mol. The van der Waals surface area contributed by atoms with Crippen LogP contribution in [0.25, 0.3) is 27.2 Å². The zero-order chi connectivity index (χ0) is 24.1. The lowest BCUT2D eigenvalue weighted by molar-refractivity contribution is 0.579. The lowest BCUT2D eigenvalue weighted by atomic mass is 10.1. The molecular weight excluding hydrogens is 450 g/mol. The number of pyridine rings is 2. The van der Waals surface area contributed by atoms with Crippen LogP contribution < -0.4 is 15.5 Å². The number of rotatable bonds is 8. The van der Waals surface area contributed by atoms with Crippen molar-refractivity contribution in [1.29, 1.82) is 5.41 Å². The molecule has 3 N–H and O–H groups in total. The van der Waals surface area contributed by atoms with E-state index in [0.29, 0.717) is 44.1 Å². The van der Waals surface area contributed by atoms with E-state index in [0.717, 1.165) is 0 Å². The van der Waals surface area contributed by atoms with Gasteiger partial charge in [0.15, 0.2) is 5.43 Å². The van der Waals surface area contributed by atoms with Crippen LogP contribution in [0.2, 0.25) is 0 Å². The third kappa shape index (κ3) is 5.16. The van der Waals surface area contributed by atoms with Crippen molar-refractivity contribution >= 4 is 43.5 Å². The third-order valence-corrected chi connectivity index (χ3v) is 6.59. The minimum Gasteiger partial charge on any atom is -0.393 e. The first-order chi connectivity index (χ1) is 16.4. The van der Waals surface area contributed by atoms with E-state index in [1.807, 2.05) is 0 Å². The zero-order valence-electron chi connectivity index (χ0n) is 18.4. The molecule has 9 heteroatoms. The van der Waals surface area contributed by atoms with E-state index in [2.05, 4.69) is 20.0 Å². The second kappa shape index (κ2) is 9.90. The SMILES string of the molecule is CN/C=C(\C=N)c1cnc2ccc3ccc(CS(=O)(=O)NCc4ccccn4)cc3c(=O)c2c1. The van der Waals surface area contributed by atoms with E-state index in [-0.39, 0.29) is 17.7 Å². The normalized spacial score (nSPS) is 12.1. The van der Waals surface area contributed by atoms with Gasteiger partial charge in [-0.05, 0) is 41.3 Å². The van der Waals surface area contributed by atoms with Crippen LogP contribution in [0.3, 0.4) is 0 Å². The Kier molecular flexibility index (Phi) is 6.76. The molecule has 0 aliphatic heterocycles. The van der Waals surface area contributed by atoms with Gasteiger partial charge in [-0.15, -0.1) is 0 Å². The van der Waals surface area contributed by atoms with Gasteiger partial charge in [-0.25, -0.2) is 13.1 Å². The molecule has 8 nitrogen and oxygen atoms in total. The van der Waals surface area contributed by atoms with E-state index in [9.17, 15) is 13.2 Å². The summed E-state index contributed by atoms with van der Waals surface area (Å²) in [6.07, 6.45) is 6.06. The topological polar surface area (TPSA) is 125 Å². The molecule has 0 unspecified atom stereocenters. The number of sulfonamides is 1. The van der Waals surface area contributed by atoms with Crippen LogP contribution in [0, 0.1) is 5.41 Å². The third-order valence-electron chi connectivity index (χ3n) is 5.29. The first kappa shape index (κ1) is 23.2. The second-order valence-corrected chi connectivity index (χ2v) is 9.48. The second-order valence-electron chi connectivity index (χ2n) is 7.67. The van der Waals surface area contributed by atoms with Crippen LogP contribution in [-0.4, -0.2) is 31.6 Å². The molecule has 0 bridgehead atoms. The van der Waals surface area contributed by atoms with Gasteiger partial charge in [0.2, 0.25) is 10.0 Å². The Morgan fingerprint density at radius 1 is 1.06 bits per heavy atom. The molecule has 0 atom stereocenters. The molecule has 0 aliphatic carbocycles. The lowest BCUT2D eigenvalue weighted by Crippen LogP contribution is -2.25. The van der Waals surface area contributed by atoms with Gasteiger partial charge in [0, 0.05) is 53.8 Å². The molecule has 0 saturated heterocycles. The monoisotopic (exact) mass is 473 g/mol. The van der Waals surface area contributed by atoms with Crippen LogP contribution in [0.15, 0.2) is 78.0 Å². The van der Waals surface area contributed by atoms with E-state index in [4.69, 9.17) is 5.41 Å². The quantitative estimate of drug-likeness (QED) is 0.338. The van der Waals surface area contributed by atoms with E-state index in [1.54, 1.807) is 80.2 Å². The van der Waals surface area contributed by atoms with Crippen molar-refractivity contribution in [3.05, 3.63) is 100 Å². The maximum absolute atomic E-state index is 13.4. The number of allylic oxidation sites excluding steroid dienone is 1. The molecule has 0 amide bonds. The van der Waals surface area contributed by atoms with Crippen LogP contribution in [0.5, 0.6) is 0 Å². The van der Waals surface area contributed by atoms with Crippen molar-refractivity contribution in [2.24, 2.45) is 0 Å². The fourth-order valence-corrected chi connectivity index (χ4v) is 4.71. The van der Waals surface area contributed by atoms with Gasteiger partial charge in [-0.3, -0.25) is 14.8 Å². The summed E-state index contributed by atoms with van der Waals surface area (Å²) < 4.78 is 27.8. The van der Waals surface area contributed by atoms with Gasteiger partial charge in [-0.2, -0.15) is 0 Å². The minimum atomic E-state index is -3.65. The summed E-state index contributed by atoms with van der Waals surface area (Å²) in [7, 11) is -1.92. The highest BCUT2D eigenvalue weighted by atomic mass is 32.2. The molecule has 2 aromatic heterocycles. The summed E-state index contributed by atoms with van der Waals surface area (Å²) in [5.74, 6) is -0.266. The summed E-state index contributed by atoms with van der Waals surface area (Å²) >= 11 is 0. The number of hydrogen-bond donors (Lipinski definition) is 3. The molecule has 0 spiro atoms. The Bertz CT molecular complexity index is 1570. The molecule has 4 rings (SSSR count). The van der Waals surface area contributed by atoms with Crippen molar-refractivity contribution < 1.29 is 8.42 Å². The predicted octanol–water partition coefficient (Wildman–Crippen LogP) is 2.97. The van der Waals surface area contributed by atoms with E-state index >= 15 is 0 Å². The zero-order valence-corrected chi connectivity index (χ0v) is 19.3. The van der Waals surface area contributed by atoms with Crippen molar-refractivity contribution in [1.82, 2.24) is 20.0 Å². The molecule has 172 valence electrons. The largest absolute Gasteiger partial charge is 0.393 e. The Labute approximate surface area is 197 Å². The molecule has 0 saturated carbocycles. The van der Waals surface area contributed by atoms with Crippen LogP contribution in [-0.2, 0) is 22.3 Å². The average molecular weight is 474 g/mol. The maximum Gasteiger partial charge on any atom is 0.216 e. The average Bonchev–Trinajstić information content (AvgIpc) is 2.98. The number of nitrogens with one attached hydrogen (secondary N) is 3. The standard InChI is InChI=1S/C25H23N5O3S/c1-27-13-20(12-26)19-11-23-24(29-14-19)8-7-18-6-5-17(10-22(18)25(23)31)16-34(32,33)30-15-21-4-2-3-9-28-21/h2-14,26-27,30H,15-16H2,1H3/b20-13+,26-12?. The molecule has 2 heterocycles. The Hall–Kier alpha value is -3.95. The van der Waals surface area contributed by atoms with E-state index in [1.165, 1.54) is 6.21 Å². The molecular formula is C25H23N5O3S. The summed E-state index contributed by atoms with van der Waals surface area (Å²) in [6.45, 7) is 0.0904. The Morgan fingerprint density at radius 3 is 2.62 bits per heavy atom. The van der Waals surface area contributed by atoms with Gasteiger partial charge in [0.1, 0.15) is 0 Å². The highest BCUT2D eigenvalue weighted by Gasteiger charge is 2.13. The Balaban J connectivity index is 1.72. The van der Waals surface area contributed by atoms with Crippen LogP contribution in [0.4, 0.5) is 0 Å². The number of nitrogens with zero attached hydrogens (tertiary/aromatic N) is 2. The first-order valence-corrected chi connectivity index (χ1v) is 12.2.